The van der Waals surface area contributed by atoms with Gasteiger partial charge < -0.3 is 29.8 Å². The Morgan fingerprint density at radius 3 is 2.37 bits per heavy atom. The summed E-state index contributed by atoms with van der Waals surface area (Å²) in [5, 5.41) is 15.7. The van der Waals surface area contributed by atoms with E-state index >= 15 is 0 Å². The molecule has 1 aromatic carbocycles. The maximum absolute atomic E-state index is 13.4. The SMILES string of the molecule is CC(C)CC(NC(=O)C(NC(=O)c1cccc(-c2ccccc2)n1)C(C)O)B1OC(=O)C[C@@H](C(=O)OC(C)(C)C)O1. The third-order valence-electron chi connectivity index (χ3n) is 6.05. The Hall–Kier alpha value is -3.77. The number of ether oxygens (including phenoxy) is 1. The van der Waals surface area contributed by atoms with Crippen LogP contribution < -0.4 is 10.6 Å². The molecule has 12 heteroatoms. The average molecular weight is 567 g/mol. The monoisotopic (exact) mass is 567 g/mol. The van der Waals surface area contributed by atoms with Gasteiger partial charge in [-0.15, -0.1) is 0 Å². The van der Waals surface area contributed by atoms with Gasteiger partial charge in [0.05, 0.1) is 24.2 Å². The first kappa shape index (κ1) is 31.8. The number of esters is 1. The van der Waals surface area contributed by atoms with Crippen LogP contribution in [0.4, 0.5) is 0 Å². The highest BCUT2D eigenvalue weighted by Gasteiger charge is 2.46. The summed E-state index contributed by atoms with van der Waals surface area (Å²) in [4.78, 5) is 55.8. The molecule has 3 rings (SSSR count). The van der Waals surface area contributed by atoms with Crippen molar-refractivity contribution in [3.63, 3.8) is 0 Å². The fourth-order valence-corrected chi connectivity index (χ4v) is 4.22. The molecule has 0 bridgehead atoms. The molecule has 3 unspecified atom stereocenters. The Balaban J connectivity index is 1.75. The quantitative estimate of drug-likeness (QED) is 0.290. The molecular weight excluding hydrogens is 529 g/mol. The molecule has 1 aliphatic rings. The number of amides is 2. The van der Waals surface area contributed by atoms with Crippen molar-refractivity contribution >= 4 is 30.9 Å². The van der Waals surface area contributed by atoms with Crippen molar-refractivity contribution in [3.05, 3.63) is 54.2 Å². The number of benzene rings is 1. The minimum absolute atomic E-state index is 0.0222. The number of carbonyl (C=O) groups excluding carboxylic acids is 4. The maximum atomic E-state index is 13.4. The number of nitrogens with zero attached hydrogens (tertiary/aromatic N) is 1. The number of aromatic nitrogens is 1. The Morgan fingerprint density at radius 2 is 1.76 bits per heavy atom. The number of hydrogen-bond acceptors (Lipinski definition) is 9. The van der Waals surface area contributed by atoms with Gasteiger partial charge in [-0.1, -0.05) is 50.2 Å². The zero-order valence-electron chi connectivity index (χ0n) is 24.2. The first-order valence-corrected chi connectivity index (χ1v) is 13.6. The van der Waals surface area contributed by atoms with Gasteiger partial charge in [0.2, 0.25) is 5.91 Å². The summed E-state index contributed by atoms with van der Waals surface area (Å²) in [5.74, 6) is -3.63. The highest BCUT2D eigenvalue weighted by Crippen LogP contribution is 2.21. The Morgan fingerprint density at radius 1 is 1.07 bits per heavy atom. The first-order chi connectivity index (χ1) is 19.2. The van der Waals surface area contributed by atoms with Crippen molar-refractivity contribution < 1.29 is 38.3 Å². The van der Waals surface area contributed by atoms with E-state index in [0.29, 0.717) is 12.1 Å². The molecule has 2 aromatic rings. The standard InChI is InChI=1S/C29H38BN3O8/c1-17(2)15-23(30-40-22(16-24(35)41-30)28(38)39-29(4,5)6)32-27(37)25(18(3)34)33-26(36)21-14-10-13-20(31-21)19-11-8-7-9-12-19/h7-14,17-18,22-23,25,34H,15-16H2,1-6H3,(H,32,37)(H,33,36)/t18?,22-,23?,25?/m0/s1. The molecule has 0 saturated carbocycles. The molecule has 0 spiro atoms. The van der Waals surface area contributed by atoms with E-state index in [2.05, 4.69) is 15.6 Å². The molecule has 0 aliphatic carbocycles. The summed E-state index contributed by atoms with van der Waals surface area (Å²) in [6.45, 7) is 10.3. The van der Waals surface area contributed by atoms with Gasteiger partial charge >= 0.3 is 13.1 Å². The van der Waals surface area contributed by atoms with Gasteiger partial charge in [0.1, 0.15) is 17.3 Å². The van der Waals surface area contributed by atoms with Gasteiger partial charge in [-0.3, -0.25) is 14.4 Å². The minimum atomic E-state index is -1.36. The lowest BCUT2D eigenvalue weighted by Crippen LogP contribution is -2.60. The Kier molecular flexibility index (Phi) is 10.6. The van der Waals surface area contributed by atoms with E-state index in [1.54, 1.807) is 32.9 Å². The van der Waals surface area contributed by atoms with Crippen LogP contribution in [0.5, 0.6) is 0 Å². The van der Waals surface area contributed by atoms with E-state index in [0.717, 1.165) is 5.56 Å². The van der Waals surface area contributed by atoms with Gasteiger partial charge in [0.15, 0.2) is 6.10 Å². The number of nitrogens with one attached hydrogen (secondary N) is 2. The summed E-state index contributed by atoms with van der Waals surface area (Å²) in [6, 6.07) is 12.9. The number of rotatable bonds is 10. The van der Waals surface area contributed by atoms with Crippen LogP contribution in [-0.2, 0) is 28.4 Å². The van der Waals surface area contributed by atoms with E-state index in [-0.39, 0.29) is 18.0 Å². The molecule has 1 fully saturated rings. The van der Waals surface area contributed by atoms with Gasteiger partial charge in [-0.2, -0.15) is 0 Å². The van der Waals surface area contributed by atoms with Crippen molar-refractivity contribution in [3.8, 4) is 11.3 Å². The molecule has 2 amide bonds. The van der Waals surface area contributed by atoms with Crippen molar-refractivity contribution in [1.29, 1.82) is 0 Å². The maximum Gasteiger partial charge on any atom is 0.551 e. The zero-order chi connectivity index (χ0) is 30.3. The number of pyridine rings is 1. The lowest BCUT2D eigenvalue weighted by atomic mass is 9.72. The van der Waals surface area contributed by atoms with Gasteiger partial charge in [-0.05, 0) is 52.2 Å². The second-order valence-electron chi connectivity index (χ2n) is 11.4. The zero-order valence-corrected chi connectivity index (χ0v) is 24.2. The number of aliphatic hydroxyl groups excluding tert-OH is 1. The fourth-order valence-electron chi connectivity index (χ4n) is 4.22. The molecule has 0 radical (unpaired) electrons. The molecule has 11 nitrogen and oxygen atoms in total. The molecule has 220 valence electrons. The highest BCUT2D eigenvalue weighted by atomic mass is 16.7. The van der Waals surface area contributed by atoms with E-state index in [4.69, 9.17) is 14.0 Å². The molecular formula is C29H38BN3O8. The van der Waals surface area contributed by atoms with Crippen molar-refractivity contribution in [2.45, 2.75) is 84.2 Å². The normalized spacial score (nSPS) is 17.7. The van der Waals surface area contributed by atoms with Crippen LogP contribution in [0.1, 0.15) is 64.9 Å². The lowest BCUT2D eigenvalue weighted by molar-refractivity contribution is -0.171. The van der Waals surface area contributed by atoms with Crippen LogP contribution in [0.3, 0.4) is 0 Å². The van der Waals surface area contributed by atoms with Crippen LogP contribution in [0.15, 0.2) is 48.5 Å². The van der Waals surface area contributed by atoms with Gasteiger partial charge in [-0.25, -0.2) is 9.78 Å². The molecule has 1 aliphatic heterocycles. The van der Waals surface area contributed by atoms with Crippen molar-refractivity contribution in [2.24, 2.45) is 5.92 Å². The van der Waals surface area contributed by atoms with E-state index in [1.807, 2.05) is 44.2 Å². The van der Waals surface area contributed by atoms with E-state index in [1.165, 1.54) is 13.0 Å². The Bertz CT molecular complexity index is 1230. The largest absolute Gasteiger partial charge is 0.551 e. The first-order valence-electron chi connectivity index (χ1n) is 13.6. The Labute approximate surface area is 240 Å². The third kappa shape index (κ3) is 9.39. The van der Waals surface area contributed by atoms with Gasteiger partial charge in [0, 0.05) is 5.56 Å². The molecule has 41 heavy (non-hydrogen) atoms. The lowest BCUT2D eigenvalue weighted by Gasteiger charge is -2.33. The summed E-state index contributed by atoms with van der Waals surface area (Å²) in [7, 11) is -1.28. The molecule has 2 heterocycles. The summed E-state index contributed by atoms with van der Waals surface area (Å²) in [5.41, 5.74) is 0.661. The van der Waals surface area contributed by atoms with Crippen LogP contribution >= 0.6 is 0 Å². The van der Waals surface area contributed by atoms with Gasteiger partial charge in [0.25, 0.3) is 11.9 Å². The van der Waals surface area contributed by atoms with Crippen LogP contribution in [0.2, 0.25) is 0 Å². The minimum Gasteiger partial charge on any atom is -0.508 e. The van der Waals surface area contributed by atoms with E-state index < -0.39 is 60.7 Å². The van der Waals surface area contributed by atoms with Crippen LogP contribution in [-0.4, -0.2) is 70.8 Å². The fraction of sp³-hybridized carbons (Fsp3) is 0.483. The second kappa shape index (κ2) is 13.7. The highest BCUT2D eigenvalue weighted by molar-refractivity contribution is 6.50. The van der Waals surface area contributed by atoms with E-state index in [9.17, 15) is 24.3 Å². The third-order valence-corrected chi connectivity index (χ3v) is 6.05. The summed E-state index contributed by atoms with van der Waals surface area (Å²) < 4.78 is 16.5. The molecule has 3 N–H and O–H groups in total. The smallest absolute Gasteiger partial charge is 0.508 e. The summed E-state index contributed by atoms with van der Waals surface area (Å²) in [6.07, 6.45) is -2.50. The number of hydrogen-bond donors (Lipinski definition) is 3. The summed E-state index contributed by atoms with van der Waals surface area (Å²) >= 11 is 0. The second-order valence-corrected chi connectivity index (χ2v) is 11.4. The number of aliphatic hydroxyl groups is 1. The number of carbonyl (C=O) groups is 4. The molecule has 1 saturated heterocycles. The van der Waals surface area contributed by atoms with Crippen LogP contribution in [0, 0.1) is 5.92 Å². The molecule has 4 atom stereocenters. The topological polar surface area (TPSA) is 153 Å². The predicted octanol–water partition coefficient (Wildman–Crippen LogP) is 2.46. The van der Waals surface area contributed by atoms with Crippen molar-refractivity contribution in [2.75, 3.05) is 0 Å². The van der Waals surface area contributed by atoms with Crippen molar-refractivity contribution in [1.82, 2.24) is 15.6 Å². The predicted molar refractivity (Wildman–Crippen MR) is 151 cm³/mol. The average Bonchev–Trinajstić information content (AvgIpc) is 2.90. The molecule has 1 aromatic heterocycles. The van der Waals surface area contributed by atoms with Crippen LogP contribution in [0.25, 0.3) is 11.3 Å².